The Bertz CT molecular complexity index is 180. The first-order valence-electron chi connectivity index (χ1n) is 3.16. The van der Waals surface area contributed by atoms with Crippen molar-refractivity contribution in [1.29, 1.82) is 0 Å². The average molecular weight is 127 g/mol. The molecule has 0 bridgehead atoms. The highest BCUT2D eigenvalue weighted by atomic mass is 16.4. The van der Waals surface area contributed by atoms with E-state index in [-0.39, 0.29) is 11.5 Å². The molecule has 2 unspecified atom stereocenters. The summed E-state index contributed by atoms with van der Waals surface area (Å²) in [7, 11) is 0. The molecule has 0 aromatic heterocycles. The smallest absolute Gasteiger partial charge is 0.310 e. The number of carbonyl (C=O) groups is 1. The summed E-state index contributed by atoms with van der Waals surface area (Å²) < 4.78 is 0. The highest BCUT2D eigenvalue weighted by Gasteiger charge is 2.71. The fourth-order valence-electron chi connectivity index (χ4n) is 1.86. The average Bonchev–Trinajstić information content (AvgIpc) is 2.36. The molecule has 2 aliphatic carbocycles. The summed E-state index contributed by atoms with van der Waals surface area (Å²) in [5.41, 5.74) is 5.18. The molecular formula is C6H9NO2. The van der Waals surface area contributed by atoms with E-state index in [1.807, 2.05) is 0 Å². The minimum Gasteiger partial charge on any atom is -0.481 e. The van der Waals surface area contributed by atoms with Gasteiger partial charge in [-0.05, 0) is 18.8 Å². The number of hydrogen-bond acceptors (Lipinski definition) is 2. The molecule has 0 amide bonds. The van der Waals surface area contributed by atoms with Crippen molar-refractivity contribution in [2.45, 2.75) is 18.9 Å². The molecule has 0 aliphatic heterocycles. The quantitative estimate of drug-likeness (QED) is 0.513. The Balaban J connectivity index is 2.12. The third-order valence-corrected chi connectivity index (χ3v) is 2.68. The molecule has 0 saturated heterocycles. The molecule has 3 atom stereocenters. The van der Waals surface area contributed by atoms with Gasteiger partial charge in [-0.3, -0.25) is 4.79 Å². The second kappa shape index (κ2) is 1.14. The summed E-state index contributed by atoms with van der Waals surface area (Å²) in [6, 6.07) is 0.182. The number of carboxylic acids is 1. The first kappa shape index (κ1) is 5.23. The summed E-state index contributed by atoms with van der Waals surface area (Å²) in [4.78, 5) is 10.4. The zero-order valence-corrected chi connectivity index (χ0v) is 5.00. The Morgan fingerprint density at radius 2 is 2.33 bits per heavy atom. The Morgan fingerprint density at radius 1 is 1.67 bits per heavy atom. The van der Waals surface area contributed by atoms with E-state index in [1.54, 1.807) is 0 Å². The molecule has 0 spiro atoms. The van der Waals surface area contributed by atoms with E-state index in [2.05, 4.69) is 0 Å². The molecule has 0 heterocycles. The predicted octanol–water partition coefficient (Wildman–Crippen LogP) is -0.192. The van der Waals surface area contributed by atoms with Crippen LogP contribution in [0.15, 0.2) is 0 Å². The highest BCUT2D eigenvalue weighted by molar-refractivity contribution is 5.81. The van der Waals surface area contributed by atoms with Crippen molar-refractivity contribution < 1.29 is 9.90 Å². The molecule has 2 aliphatic rings. The van der Waals surface area contributed by atoms with Crippen LogP contribution in [0, 0.1) is 11.3 Å². The van der Waals surface area contributed by atoms with E-state index >= 15 is 0 Å². The minimum atomic E-state index is -0.644. The van der Waals surface area contributed by atoms with E-state index in [0.717, 1.165) is 6.42 Å². The van der Waals surface area contributed by atoms with Crippen molar-refractivity contribution in [3.8, 4) is 0 Å². The lowest BCUT2D eigenvalue weighted by molar-refractivity contribution is -0.147. The van der Waals surface area contributed by atoms with Gasteiger partial charge in [0.25, 0.3) is 0 Å². The SMILES string of the molecule is NC1C[C@@]2(C(=O)O)CC12. The van der Waals surface area contributed by atoms with Gasteiger partial charge in [-0.1, -0.05) is 0 Å². The molecule has 0 aromatic carbocycles. The van der Waals surface area contributed by atoms with Crippen molar-refractivity contribution in [3.05, 3.63) is 0 Å². The lowest BCUT2D eigenvalue weighted by Crippen LogP contribution is -2.42. The molecular weight excluding hydrogens is 118 g/mol. The summed E-state index contributed by atoms with van der Waals surface area (Å²) in [5, 5.41) is 8.60. The third-order valence-electron chi connectivity index (χ3n) is 2.68. The summed E-state index contributed by atoms with van der Waals surface area (Å²) in [6.07, 6.45) is 1.52. The first-order chi connectivity index (χ1) is 4.17. The standard InChI is InChI=1S/C6H9NO2/c7-4-2-6(5(8)9)1-3(4)6/h3-4H,1-2,7H2,(H,8,9)/t3?,4?,6-/m0/s1. The van der Waals surface area contributed by atoms with Crippen molar-refractivity contribution in [2.75, 3.05) is 0 Å². The summed E-state index contributed by atoms with van der Waals surface area (Å²) in [5.74, 6) is -0.329. The predicted molar refractivity (Wildman–Crippen MR) is 30.8 cm³/mol. The van der Waals surface area contributed by atoms with Crippen molar-refractivity contribution >= 4 is 5.97 Å². The van der Waals surface area contributed by atoms with Gasteiger partial charge in [0, 0.05) is 6.04 Å². The molecule has 3 heteroatoms. The number of fused-ring (bicyclic) bond motifs is 1. The Morgan fingerprint density at radius 3 is 2.44 bits per heavy atom. The monoisotopic (exact) mass is 127 g/mol. The van der Waals surface area contributed by atoms with Gasteiger partial charge in [0.05, 0.1) is 5.41 Å². The van der Waals surface area contributed by atoms with Crippen LogP contribution in [0.25, 0.3) is 0 Å². The van der Waals surface area contributed by atoms with Crippen LogP contribution in [0.4, 0.5) is 0 Å². The maximum Gasteiger partial charge on any atom is 0.310 e. The van der Waals surface area contributed by atoms with Crippen LogP contribution in [-0.2, 0) is 4.79 Å². The molecule has 50 valence electrons. The van der Waals surface area contributed by atoms with Crippen LogP contribution in [0.1, 0.15) is 12.8 Å². The van der Waals surface area contributed by atoms with Gasteiger partial charge in [-0.25, -0.2) is 0 Å². The molecule has 2 fully saturated rings. The van der Waals surface area contributed by atoms with Gasteiger partial charge in [-0.15, -0.1) is 0 Å². The van der Waals surface area contributed by atoms with Crippen molar-refractivity contribution in [1.82, 2.24) is 0 Å². The van der Waals surface area contributed by atoms with Crippen LogP contribution in [0.5, 0.6) is 0 Å². The zero-order chi connectivity index (χ0) is 6.65. The lowest BCUT2D eigenvalue weighted by Gasteiger charge is -2.27. The van der Waals surface area contributed by atoms with E-state index in [1.165, 1.54) is 0 Å². The van der Waals surface area contributed by atoms with Crippen LogP contribution >= 0.6 is 0 Å². The number of nitrogens with two attached hydrogens (primary N) is 1. The molecule has 3 N–H and O–H groups in total. The van der Waals surface area contributed by atoms with E-state index in [0.29, 0.717) is 12.3 Å². The Kier molecular flexibility index (Phi) is 0.662. The van der Waals surface area contributed by atoms with Gasteiger partial charge >= 0.3 is 5.97 Å². The van der Waals surface area contributed by atoms with Gasteiger partial charge in [0.1, 0.15) is 0 Å². The molecule has 9 heavy (non-hydrogen) atoms. The van der Waals surface area contributed by atoms with Gasteiger partial charge < -0.3 is 10.8 Å². The molecule has 0 radical (unpaired) electrons. The minimum absolute atomic E-state index is 0.182. The zero-order valence-electron chi connectivity index (χ0n) is 5.00. The van der Waals surface area contributed by atoms with Gasteiger partial charge in [-0.2, -0.15) is 0 Å². The van der Waals surface area contributed by atoms with Crippen molar-refractivity contribution in [2.24, 2.45) is 17.1 Å². The molecule has 3 nitrogen and oxygen atoms in total. The van der Waals surface area contributed by atoms with Crippen molar-refractivity contribution in [3.63, 3.8) is 0 Å². The number of carboxylic acid groups (broad SMARTS) is 1. The summed E-state index contributed by atoms with van der Waals surface area (Å²) in [6.45, 7) is 0. The second-order valence-corrected chi connectivity index (χ2v) is 3.14. The molecule has 2 saturated carbocycles. The van der Waals surface area contributed by atoms with E-state index in [9.17, 15) is 4.79 Å². The topological polar surface area (TPSA) is 63.3 Å². The van der Waals surface area contributed by atoms with Crippen LogP contribution in [0.3, 0.4) is 0 Å². The lowest BCUT2D eigenvalue weighted by atomic mass is 9.81. The van der Waals surface area contributed by atoms with Crippen LogP contribution < -0.4 is 5.73 Å². The van der Waals surface area contributed by atoms with Crippen LogP contribution in [-0.4, -0.2) is 17.1 Å². The van der Waals surface area contributed by atoms with Gasteiger partial charge in [0.15, 0.2) is 0 Å². The number of rotatable bonds is 1. The second-order valence-electron chi connectivity index (χ2n) is 3.14. The highest BCUT2D eigenvalue weighted by Crippen LogP contribution is 2.66. The Hall–Kier alpha value is -0.570. The number of hydrogen-bond donors (Lipinski definition) is 2. The summed E-state index contributed by atoms with van der Waals surface area (Å²) >= 11 is 0. The first-order valence-corrected chi connectivity index (χ1v) is 3.16. The van der Waals surface area contributed by atoms with E-state index < -0.39 is 5.97 Å². The largest absolute Gasteiger partial charge is 0.481 e. The maximum atomic E-state index is 10.4. The van der Waals surface area contributed by atoms with Crippen LogP contribution in [0.2, 0.25) is 0 Å². The third kappa shape index (κ3) is 0.399. The molecule has 2 rings (SSSR count). The molecule has 0 aromatic rings. The van der Waals surface area contributed by atoms with E-state index in [4.69, 9.17) is 10.8 Å². The Labute approximate surface area is 52.8 Å². The fourth-order valence-corrected chi connectivity index (χ4v) is 1.86. The fraction of sp³-hybridized carbons (Fsp3) is 0.833. The van der Waals surface area contributed by atoms with Gasteiger partial charge in [0.2, 0.25) is 0 Å². The number of aliphatic carboxylic acids is 1. The normalized spacial score (nSPS) is 53.4. The maximum absolute atomic E-state index is 10.4.